The molecule has 0 fully saturated rings. The van der Waals surface area contributed by atoms with Gasteiger partial charge in [0.2, 0.25) is 0 Å². The average Bonchev–Trinajstić information content (AvgIpc) is 3.48. The Morgan fingerprint density at radius 1 is 0.438 bits per heavy atom. The van der Waals surface area contributed by atoms with Gasteiger partial charge in [-0.2, -0.15) is 0 Å². The summed E-state index contributed by atoms with van der Waals surface area (Å²) < 4.78 is 0. The van der Waals surface area contributed by atoms with Crippen LogP contribution in [0.25, 0.3) is 22.3 Å². The fraction of sp³-hybridized carbons (Fsp3) is 0.0556. The molecule has 2 aliphatic rings. The Kier molecular flexibility index (Phi) is 6.79. The largest absolute Gasteiger partial charge is 0.269 e. The molecule has 7 rings (SSSR count). The summed E-state index contributed by atoms with van der Waals surface area (Å²) >= 11 is 0. The van der Waals surface area contributed by atoms with E-state index in [4.69, 9.17) is 0 Å². The Morgan fingerprint density at radius 3 is 1.08 bits per heavy atom. The molecule has 234 valence electrons. The summed E-state index contributed by atoms with van der Waals surface area (Å²) in [5.41, 5.74) is 4.68. The van der Waals surface area contributed by atoms with Gasteiger partial charge in [0.05, 0.1) is 43.5 Å². The van der Waals surface area contributed by atoms with Crippen molar-refractivity contribution in [1.29, 1.82) is 0 Å². The second kappa shape index (κ2) is 10.9. The number of benzene rings is 5. The molecular weight excluding hydrogens is 616 g/mol. The molecule has 0 atom stereocenters. The molecule has 2 aliphatic heterocycles. The Balaban J connectivity index is 1.18. The summed E-state index contributed by atoms with van der Waals surface area (Å²) in [5.74, 6) is -2.15. The number of nitro groups is 2. The Morgan fingerprint density at radius 2 is 0.750 bits per heavy atom. The number of hydrogen-bond acceptors (Lipinski definition) is 8. The Labute approximate surface area is 271 Å². The third-order valence-corrected chi connectivity index (χ3v) is 8.59. The molecule has 48 heavy (non-hydrogen) atoms. The van der Waals surface area contributed by atoms with E-state index in [1.54, 1.807) is 86.6 Å². The molecule has 0 aliphatic carbocycles. The summed E-state index contributed by atoms with van der Waals surface area (Å²) in [7, 11) is 0. The quantitative estimate of drug-likeness (QED) is 0.109. The second-order valence-corrected chi connectivity index (χ2v) is 11.4. The van der Waals surface area contributed by atoms with E-state index in [0.717, 1.165) is 9.80 Å². The number of carbonyl (C=O) groups excluding carboxylic acids is 4. The summed E-state index contributed by atoms with van der Waals surface area (Å²) in [5, 5.41) is 22.1. The van der Waals surface area contributed by atoms with Crippen molar-refractivity contribution in [2.24, 2.45) is 0 Å². The maximum atomic E-state index is 13.7. The second-order valence-electron chi connectivity index (χ2n) is 11.4. The van der Waals surface area contributed by atoms with Crippen LogP contribution in [0.2, 0.25) is 0 Å². The van der Waals surface area contributed by atoms with Crippen LogP contribution in [0.1, 0.15) is 52.6 Å². The van der Waals surface area contributed by atoms with E-state index >= 15 is 0 Å². The SMILES string of the molecule is Cc1cc(N2C(=O)c3ccc(-c4ccc([N+](=O)[O-])cc4)cc3C2=O)c(C)cc1N1C(=O)c2ccc(-c3ccc([N+](=O)[O-])cc3)cc2C1=O. The van der Waals surface area contributed by atoms with Gasteiger partial charge in [0.25, 0.3) is 35.0 Å². The van der Waals surface area contributed by atoms with Crippen molar-refractivity contribution in [3.8, 4) is 22.3 Å². The van der Waals surface area contributed by atoms with Crippen molar-refractivity contribution in [1.82, 2.24) is 0 Å². The van der Waals surface area contributed by atoms with Crippen LogP contribution in [-0.2, 0) is 0 Å². The van der Waals surface area contributed by atoms with Gasteiger partial charge in [-0.05, 0) is 108 Å². The van der Waals surface area contributed by atoms with Crippen molar-refractivity contribution in [3.05, 3.63) is 151 Å². The van der Waals surface area contributed by atoms with Crippen molar-refractivity contribution in [2.75, 3.05) is 9.80 Å². The first-order valence-corrected chi connectivity index (χ1v) is 14.6. The molecule has 0 unspecified atom stereocenters. The minimum atomic E-state index is -0.548. The van der Waals surface area contributed by atoms with Gasteiger partial charge in [0.1, 0.15) is 0 Å². The highest BCUT2D eigenvalue weighted by atomic mass is 16.6. The number of nitrogens with zero attached hydrogens (tertiary/aromatic N) is 4. The summed E-state index contributed by atoms with van der Waals surface area (Å²) in [6, 6.07) is 24.5. The van der Waals surface area contributed by atoms with Crippen molar-refractivity contribution in [2.45, 2.75) is 13.8 Å². The summed E-state index contributed by atoms with van der Waals surface area (Å²) in [4.78, 5) is 77.5. The van der Waals surface area contributed by atoms with Crippen molar-refractivity contribution in [3.63, 3.8) is 0 Å². The molecule has 0 radical (unpaired) electrons. The lowest BCUT2D eigenvalue weighted by molar-refractivity contribution is -0.385. The van der Waals surface area contributed by atoms with E-state index in [1.807, 2.05) is 0 Å². The number of carbonyl (C=O) groups is 4. The van der Waals surface area contributed by atoms with Crippen LogP contribution in [-0.4, -0.2) is 33.5 Å². The standard InChI is InChI=1S/C36H22N4O8/c1-19-15-32(38-34(42)28-14-8-24(18-30(28)36(38)44)22-5-11-26(12-6-22)40(47)48)20(2)16-31(19)37-33(41)27-13-7-23(17-29(27)35(37)43)21-3-9-25(10-4-21)39(45)46/h3-18H,1-2H3. The maximum Gasteiger partial charge on any atom is 0.269 e. The number of nitro benzene ring substituents is 2. The zero-order valence-electron chi connectivity index (χ0n) is 25.3. The Bertz CT molecular complexity index is 2130. The minimum absolute atomic E-state index is 0.0696. The van der Waals surface area contributed by atoms with E-state index in [-0.39, 0.29) is 33.6 Å². The molecular formula is C36H22N4O8. The number of amides is 4. The highest BCUT2D eigenvalue weighted by molar-refractivity contribution is 6.36. The van der Waals surface area contributed by atoms with Crippen molar-refractivity contribution >= 4 is 46.4 Å². The fourth-order valence-corrected chi connectivity index (χ4v) is 6.10. The van der Waals surface area contributed by atoms with Crippen LogP contribution >= 0.6 is 0 Å². The van der Waals surface area contributed by atoms with Crippen LogP contribution in [0.3, 0.4) is 0 Å². The van der Waals surface area contributed by atoms with Crippen LogP contribution in [0.5, 0.6) is 0 Å². The third kappa shape index (κ3) is 4.62. The van der Waals surface area contributed by atoms with Gasteiger partial charge in [0.15, 0.2) is 0 Å². The molecule has 5 aromatic carbocycles. The van der Waals surface area contributed by atoms with Crippen LogP contribution in [0.4, 0.5) is 22.7 Å². The number of fused-ring (bicyclic) bond motifs is 2. The smallest absolute Gasteiger partial charge is 0.268 e. The normalized spacial score (nSPS) is 13.6. The monoisotopic (exact) mass is 638 g/mol. The Hall–Kier alpha value is -6.82. The van der Waals surface area contributed by atoms with Crippen LogP contribution in [0, 0.1) is 34.1 Å². The van der Waals surface area contributed by atoms with E-state index in [9.17, 15) is 39.4 Å². The molecule has 0 saturated carbocycles. The van der Waals surface area contributed by atoms with Crippen LogP contribution in [0.15, 0.2) is 97.1 Å². The zero-order valence-corrected chi connectivity index (χ0v) is 25.3. The summed E-state index contributed by atoms with van der Waals surface area (Å²) in [6.45, 7) is 3.35. The molecule has 0 aromatic heterocycles. The number of imide groups is 2. The lowest BCUT2D eigenvalue weighted by atomic mass is 10.00. The number of non-ortho nitro benzene ring substituents is 2. The van der Waals surface area contributed by atoms with Crippen molar-refractivity contribution < 1.29 is 29.0 Å². The maximum absolute atomic E-state index is 13.7. The zero-order chi connectivity index (χ0) is 34.0. The van der Waals surface area contributed by atoms with E-state index < -0.39 is 33.5 Å². The molecule has 0 saturated heterocycles. The molecule has 5 aromatic rings. The molecule has 12 nitrogen and oxygen atoms in total. The van der Waals surface area contributed by atoms with E-state index in [0.29, 0.717) is 44.8 Å². The number of rotatable bonds is 6. The first-order chi connectivity index (χ1) is 22.9. The summed E-state index contributed by atoms with van der Waals surface area (Å²) in [6.07, 6.45) is 0. The van der Waals surface area contributed by atoms with E-state index in [1.165, 1.54) is 24.3 Å². The lowest BCUT2D eigenvalue weighted by Gasteiger charge is -2.22. The fourth-order valence-electron chi connectivity index (χ4n) is 6.10. The van der Waals surface area contributed by atoms with Gasteiger partial charge in [-0.15, -0.1) is 0 Å². The molecule has 0 spiro atoms. The minimum Gasteiger partial charge on any atom is -0.268 e. The number of anilines is 2. The highest BCUT2D eigenvalue weighted by Crippen LogP contribution is 2.39. The van der Waals surface area contributed by atoms with Gasteiger partial charge in [-0.3, -0.25) is 39.4 Å². The molecule has 12 heteroatoms. The van der Waals surface area contributed by atoms with Gasteiger partial charge in [0, 0.05) is 24.3 Å². The van der Waals surface area contributed by atoms with Gasteiger partial charge >= 0.3 is 0 Å². The average molecular weight is 639 g/mol. The topological polar surface area (TPSA) is 161 Å². The molecule has 0 N–H and O–H groups in total. The predicted octanol–water partition coefficient (Wildman–Crippen LogP) is 7.06. The van der Waals surface area contributed by atoms with Gasteiger partial charge in [-0.1, -0.05) is 12.1 Å². The third-order valence-electron chi connectivity index (χ3n) is 8.59. The predicted molar refractivity (Wildman–Crippen MR) is 175 cm³/mol. The number of hydrogen-bond donors (Lipinski definition) is 0. The van der Waals surface area contributed by atoms with E-state index in [2.05, 4.69) is 0 Å². The van der Waals surface area contributed by atoms with Gasteiger partial charge < -0.3 is 0 Å². The first-order valence-electron chi connectivity index (χ1n) is 14.6. The molecule has 2 heterocycles. The molecule has 4 amide bonds. The first kappa shape index (κ1) is 29.9. The highest BCUT2D eigenvalue weighted by Gasteiger charge is 2.40. The lowest BCUT2D eigenvalue weighted by Crippen LogP contribution is -2.32. The van der Waals surface area contributed by atoms with Gasteiger partial charge in [-0.25, -0.2) is 9.80 Å². The molecule has 0 bridgehead atoms. The van der Waals surface area contributed by atoms with Crippen LogP contribution < -0.4 is 9.80 Å². The number of aryl methyl sites for hydroxylation is 2.